The fourth-order valence-electron chi connectivity index (χ4n) is 2.86. The predicted molar refractivity (Wildman–Crippen MR) is 82.5 cm³/mol. The van der Waals surface area contributed by atoms with Crippen LogP contribution in [0.3, 0.4) is 0 Å². The predicted octanol–water partition coefficient (Wildman–Crippen LogP) is 2.85. The van der Waals surface area contributed by atoms with Gasteiger partial charge in [0.1, 0.15) is 16.8 Å². The van der Waals surface area contributed by atoms with Gasteiger partial charge in [0.05, 0.1) is 12.0 Å². The lowest BCUT2D eigenvalue weighted by atomic mass is 9.76. The van der Waals surface area contributed by atoms with Gasteiger partial charge in [-0.3, -0.25) is 4.79 Å². The van der Waals surface area contributed by atoms with Crippen molar-refractivity contribution in [1.29, 1.82) is 0 Å². The molecule has 1 aliphatic rings. The van der Waals surface area contributed by atoms with E-state index in [1.165, 1.54) is 0 Å². The molecule has 1 atom stereocenters. The van der Waals surface area contributed by atoms with E-state index in [0.29, 0.717) is 24.1 Å². The molecule has 6 heteroatoms. The Labute approximate surface area is 130 Å². The van der Waals surface area contributed by atoms with Crippen LogP contribution < -0.4 is 4.90 Å². The quantitative estimate of drug-likeness (QED) is 0.632. The Hall–Kier alpha value is -1.36. The van der Waals surface area contributed by atoms with Crippen LogP contribution in [0, 0.1) is 18.3 Å². The number of halogens is 1. The molecule has 116 valence electrons. The van der Waals surface area contributed by atoms with Crippen LogP contribution in [-0.2, 0) is 9.53 Å². The second-order valence-electron chi connectivity index (χ2n) is 5.80. The highest BCUT2D eigenvalue weighted by molar-refractivity contribution is 6.29. The maximum Gasteiger partial charge on any atom is 0.314 e. The van der Waals surface area contributed by atoms with Crippen molar-refractivity contribution in [2.45, 2.75) is 34.1 Å². The molecule has 0 amide bonds. The number of aryl methyl sites for hydroxylation is 1. The number of nitrogens with zero attached hydrogens (tertiary/aromatic N) is 3. The van der Waals surface area contributed by atoms with Gasteiger partial charge >= 0.3 is 5.97 Å². The van der Waals surface area contributed by atoms with Gasteiger partial charge < -0.3 is 9.64 Å². The van der Waals surface area contributed by atoms with E-state index >= 15 is 0 Å². The third-order valence-corrected chi connectivity index (χ3v) is 4.40. The summed E-state index contributed by atoms with van der Waals surface area (Å²) in [6.45, 7) is 9.57. The number of anilines is 1. The van der Waals surface area contributed by atoms with Gasteiger partial charge in [0.2, 0.25) is 0 Å². The average Bonchev–Trinajstić information content (AvgIpc) is 2.84. The largest absolute Gasteiger partial charge is 0.466 e. The SMILES string of the molecule is CCOC(=O)C1(C(C)C)CCN(c2cc(Cl)nc(C)n2)C1. The highest BCUT2D eigenvalue weighted by Gasteiger charge is 2.48. The molecule has 1 aromatic rings. The van der Waals surface area contributed by atoms with Gasteiger partial charge in [-0.1, -0.05) is 25.4 Å². The molecule has 1 saturated heterocycles. The first-order valence-corrected chi connectivity index (χ1v) is 7.70. The molecule has 2 heterocycles. The van der Waals surface area contributed by atoms with Gasteiger partial charge in [0.25, 0.3) is 0 Å². The summed E-state index contributed by atoms with van der Waals surface area (Å²) in [5.74, 6) is 1.51. The molecule has 0 saturated carbocycles. The zero-order chi connectivity index (χ0) is 15.6. The van der Waals surface area contributed by atoms with E-state index < -0.39 is 5.41 Å². The van der Waals surface area contributed by atoms with E-state index in [1.807, 2.05) is 13.8 Å². The molecule has 1 aromatic heterocycles. The van der Waals surface area contributed by atoms with Crippen molar-refractivity contribution in [1.82, 2.24) is 9.97 Å². The molecule has 1 fully saturated rings. The standard InChI is InChI=1S/C15H22ClN3O2/c1-5-21-14(20)15(10(2)3)6-7-19(9-15)13-8-12(16)17-11(4)18-13/h8,10H,5-7,9H2,1-4H3. The van der Waals surface area contributed by atoms with Crippen LogP contribution >= 0.6 is 11.6 Å². The van der Waals surface area contributed by atoms with Crippen LogP contribution in [0.1, 0.15) is 33.0 Å². The molecule has 0 aromatic carbocycles. The summed E-state index contributed by atoms with van der Waals surface area (Å²) in [6, 6.07) is 1.75. The van der Waals surface area contributed by atoms with Crippen LogP contribution in [0.4, 0.5) is 5.82 Å². The number of aromatic nitrogens is 2. The van der Waals surface area contributed by atoms with E-state index in [2.05, 4.69) is 28.7 Å². The van der Waals surface area contributed by atoms with Gasteiger partial charge in [-0.15, -0.1) is 0 Å². The van der Waals surface area contributed by atoms with Gasteiger partial charge in [-0.25, -0.2) is 9.97 Å². The highest BCUT2D eigenvalue weighted by Crippen LogP contribution is 2.40. The second kappa shape index (κ2) is 6.18. The van der Waals surface area contributed by atoms with Crippen molar-refractivity contribution in [3.8, 4) is 0 Å². The molecule has 21 heavy (non-hydrogen) atoms. The van der Waals surface area contributed by atoms with Crippen molar-refractivity contribution in [3.05, 3.63) is 17.0 Å². The fourth-order valence-corrected chi connectivity index (χ4v) is 3.08. The summed E-state index contributed by atoms with van der Waals surface area (Å²) in [5, 5.41) is 0.427. The molecule has 0 spiro atoms. The Morgan fingerprint density at radius 2 is 2.24 bits per heavy atom. The van der Waals surface area contributed by atoms with Crippen LogP contribution in [-0.4, -0.2) is 35.6 Å². The van der Waals surface area contributed by atoms with Crippen LogP contribution in [0.2, 0.25) is 5.15 Å². The third kappa shape index (κ3) is 3.12. The minimum absolute atomic E-state index is 0.112. The molecule has 2 rings (SSSR count). The molecule has 0 aliphatic carbocycles. The van der Waals surface area contributed by atoms with Crippen LogP contribution in [0.25, 0.3) is 0 Å². The van der Waals surface area contributed by atoms with Crippen molar-refractivity contribution in [3.63, 3.8) is 0 Å². The molecule has 1 aliphatic heterocycles. The summed E-state index contributed by atoms with van der Waals surface area (Å²) in [7, 11) is 0. The van der Waals surface area contributed by atoms with E-state index in [-0.39, 0.29) is 11.9 Å². The number of hydrogen-bond acceptors (Lipinski definition) is 5. The number of rotatable bonds is 4. The zero-order valence-corrected chi connectivity index (χ0v) is 13.8. The van der Waals surface area contributed by atoms with Gasteiger partial charge in [0.15, 0.2) is 0 Å². The Morgan fingerprint density at radius 1 is 1.52 bits per heavy atom. The lowest BCUT2D eigenvalue weighted by Crippen LogP contribution is -2.40. The molecule has 1 unspecified atom stereocenters. The third-order valence-electron chi connectivity index (χ3n) is 4.21. The maximum atomic E-state index is 12.4. The molecule has 0 N–H and O–H groups in total. The summed E-state index contributed by atoms with van der Waals surface area (Å²) in [5.41, 5.74) is -0.471. The van der Waals surface area contributed by atoms with Gasteiger partial charge in [0, 0.05) is 19.2 Å². The van der Waals surface area contributed by atoms with Crippen LogP contribution in [0.15, 0.2) is 6.07 Å². The van der Waals surface area contributed by atoms with Crippen molar-refractivity contribution >= 4 is 23.4 Å². The summed E-state index contributed by atoms with van der Waals surface area (Å²) in [4.78, 5) is 23.0. The Bertz CT molecular complexity index is 515. The summed E-state index contributed by atoms with van der Waals surface area (Å²) in [6.07, 6.45) is 0.768. The average molecular weight is 312 g/mol. The minimum Gasteiger partial charge on any atom is -0.466 e. The fraction of sp³-hybridized carbons (Fsp3) is 0.667. The van der Waals surface area contributed by atoms with E-state index in [9.17, 15) is 4.79 Å². The Morgan fingerprint density at radius 3 is 2.81 bits per heavy atom. The summed E-state index contributed by atoms with van der Waals surface area (Å²) >= 11 is 6.01. The first-order valence-electron chi connectivity index (χ1n) is 7.32. The minimum atomic E-state index is -0.471. The normalized spacial score (nSPS) is 21.9. The second-order valence-corrected chi connectivity index (χ2v) is 6.19. The van der Waals surface area contributed by atoms with Crippen molar-refractivity contribution in [2.75, 3.05) is 24.6 Å². The van der Waals surface area contributed by atoms with E-state index in [0.717, 1.165) is 18.8 Å². The number of carbonyl (C=O) groups is 1. The molecular weight excluding hydrogens is 290 g/mol. The van der Waals surface area contributed by atoms with Crippen LogP contribution in [0.5, 0.6) is 0 Å². The lowest BCUT2D eigenvalue weighted by Gasteiger charge is -2.31. The van der Waals surface area contributed by atoms with Gasteiger partial charge in [-0.05, 0) is 26.2 Å². The lowest BCUT2D eigenvalue weighted by molar-refractivity contribution is -0.156. The van der Waals surface area contributed by atoms with Crippen molar-refractivity contribution in [2.24, 2.45) is 11.3 Å². The number of ether oxygens (including phenoxy) is 1. The zero-order valence-electron chi connectivity index (χ0n) is 13.0. The number of hydrogen-bond donors (Lipinski definition) is 0. The first-order chi connectivity index (χ1) is 9.89. The Balaban J connectivity index is 2.25. The molecule has 5 nitrogen and oxygen atoms in total. The number of esters is 1. The first kappa shape index (κ1) is 16.0. The number of carbonyl (C=O) groups excluding carboxylic acids is 1. The topological polar surface area (TPSA) is 55.3 Å². The summed E-state index contributed by atoms with van der Waals surface area (Å²) < 4.78 is 5.30. The smallest absolute Gasteiger partial charge is 0.314 e. The molecule has 0 bridgehead atoms. The highest BCUT2D eigenvalue weighted by atomic mass is 35.5. The monoisotopic (exact) mass is 311 g/mol. The Kier molecular flexibility index (Phi) is 4.71. The van der Waals surface area contributed by atoms with Gasteiger partial charge in [-0.2, -0.15) is 0 Å². The molecular formula is C15H22ClN3O2. The van der Waals surface area contributed by atoms with Crippen molar-refractivity contribution < 1.29 is 9.53 Å². The molecule has 0 radical (unpaired) electrons. The van der Waals surface area contributed by atoms with E-state index in [1.54, 1.807) is 6.07 Å². The maximum absolute atomic E-state index is 12.4. The van der Waals surface area contributed by atoms with E-state index in [4.69, 9.17) is 16.3 Å².